The van der Waals surface area contributed by atoms with Gasteiger partial charge >= 0.3 is 17.7 Å². The monoisotopic (exact) mass is 406 g/mol. The summed E-state index contributed by atoms with van der Waals surface area (Å²) in [4.78, 5) is 25.5. The fourth-order valence-electron chi connectivity index (χ4n) is 3.13. The predicted octanol–water partition coefficient (Wildman–Crippen LogP) is 5.18. The molecule has 162 valence electrons. The maximum atomic E-state index is 12.8. The van der Waals surface area contributed by atoms with Gasteiger partial charge in [0.15, 0.2) is 11.5 Å². The minimum atomic E-state index is -2.21. The van der Waals surface area contributed by atoms with E-state index >= 15 is 0 Å². The molecule has 0 aliphatic carbocycles. The SMILES string of the molecule is CCCCCCCOC(=O)C1(C(=O)OCCCCCCC)Oc2ccccc2O1. The Morgan fingerprint density at radius 1 is 0.724 bits per heavy atom. The molecule has 0 N–H and O–H groups in total. The molecule has 0 fully saturated rings. The fourth-order valence-corrected chi connectivity index (χ4v) is 3.13. The van der Waals surface area contributed by atoms with E-state index in [1.807, 2.05) is 0 Å². The first kappa shape index (κ1) is 23.0. The zero-order valence-corrected chi connectivity index (χ0v) is 17.7. The number of para-hydroxylation sites is 2. The zero-order valence-electron chi connectivity index (χ0n) is 17.7. The lowest BCUT2D eigenvalue weighted by atomic mass is 10.2. The summed E-state index contributed by atoms with van der Waals surface area (Å²) in [6.45, 7) is 4.73. The highest BCUT2D eigenvalue weighted by Crippen LogP contribution is 2.40. The number of benzene rings is 1. The molecule has 2 rings (SSSR count). The molecular formula is C23H34O6. The van der Waals surface area contributed by atoms with E-state index in [0.717, 1.165) is 64.2 Å². The number of carbonyl (C=O) groups is 2. The summed E-state index contributed by atoms with van der Waals surface area (Å²) < 4.78 is 21.9. The largest absolute Gasteiger partial charge is 0.459 e. The molecule has 1 heterocycles. The molecule has 1 aliphatic rings. The topological polar surface area (TPSA) is 71.1 Å². The Bertz CT molecular complexity index is 587. The molecule has 6 heteroatoms. The molecule has 1 aromatic rings. The van der Waals surface area contributed by atoms with Crippen LogP contribution in [-0.2, 0) is 19.1 Å². The molecule has 0 spiro atoms. The first-order valence-corrected chi connectivity index (χ1v) is 11.0. The maximum Gasteiger partial charge on any atom is 0.453 e. The van der Waals surface area contributed by atoms with Gasteiger partial charge in [-0.1, -0.05) is 77.3 Å². The van der Waals surface area contributed by atoms with Crippen molar-refractivity contribution in [1.29, 1.82) is 0 Å². The molecule has 0 amide bonds. The van der Waals surface area contributed by atoms with Crippen LogP contribution in [0.1, 0.15) is 78.1 Å². The molecule has 6 nitrogen and oxygen atoms in total. The van der Waals surface area contributed by atoms with Gasteiger partial charge in [-0.15, -0.1) is 0 Å². The van der Waals surface area contributed by atoms with Gasteiger partial charge in [0.05, 0.1) is 13.2 Å². The average Bonchev–Trinajstić information content (AvgIpc) is 3.14. The third kappa shape index (κ3) is 6.65. The highest BCUT2D eigenvalue weighted by Gasteiger charge is 2.59. The van der Waals surface area contributed by atoms with Crippen molar-refractivity contribution in [3.63, 3.8) is 0 Å². The third-order valence-electron chi connectivity index (χ3n) is 4.86. The quantitative estimate of drug-likeness (QED) is 0.241. The average molecular weight is 407 g/mol. The number of rotatable bonds is 14. The fraction of sp³-hybridized carbons (Fsp3) is 0.652. The summed E-state index contributed by atoms with van der Waals surface area (Å²) in [6, 6.07) is 6.78. The highest BCUT2D eigenvalue weighted by atomic mass is 16.8. The van der Waals surface area contributed by atoms with E-state index in [0.29, 0.717) is 11.5 Å². The first-order valence-electron chi connectivity index (χ1n) is 11.0. The second-order valence-corrected chi connectivity index (χ2v) is 7.37. The molecule has 0 saturated heterocycles. The summed E-state index contributed by atoms with van der Waals surface area (Å²) in [5, 5.41) is 0. The molecule has 29 heavy (non-hydrogen) atoms. The van der Waals surface area contributed by atoms with Gasteiger partial charge in [-0.05, 0) is 25.0 Å². The van der Waals surface area contributed by atoms with Crippen molar-refractivity contribution in [2.45, 2.75) is 83.8 Å². The Labute approximate surface area is 173 Å². The van der Waals surface area contributed by atoms with Crippen LogP contribution >= 0.6 is 0 Å². The van der Waals surface area contributed by atoms with Crippen LogP contribution in [0, 0.1) is 0 Å². The van der Waals surface area contributed by atoms with Crippen molar-refractivity contribution in [1.82, 2.24) is 0 Å². The highest BCUT2D eigenvalue weighted by molar-refractivity contribution is 6.03. The molecule has 0 bridgehead atoms. The number of hydrogen-bond acceptors (Lipinski definition) is 6. The number of carbonyl (C=O) groups excluding carboxylic acids is 2. The van der Waals surface area contributed by atoms with Gasteiger partial charge in [0.1, 0.15) is 0 Å². The number of hydrogen-bond donors (Lipinski definition) is 0. The maximum absolute atomic E-state index is 12.8. The number of esters is 2. The van der Waals surface area contributed by atoms with Crippen molar-refractivity contribution in [3.8, 4) is 11.5 Å². The number of unbranched alkanes of at least 4 members (excludes halogenated alkanes) is 8. The predicted molar refractivity (Wildman–Crippen MR) is 110 cm³/mol. The zero-order chi connectivity index (χ0) is 21.0. The lowest BCUT2D eigenvalue weighted by molar-refractivity contribution is -0.202. The first-order chi connectivity index (χ1) is 14.1. The van der Waals surface area contributed by atoms with Crippen molar-refractivity contribution in [2.75, 3.05) is 13.2 Å². The van der Waals surface area contributed by atoms with Crippen LogP contribution in [0.15, 0.2) is 24.3 Å². The van der Waals surface area contributed by atoms with Gasteiger partial charge in [-0.2, -0.15) is 0 Å². The van der Waals surface area contributed by atoms with Crippen LogP contribution < -0.4 is 9.47 Å². The molecule has 0 unspecified atom stereocenters. The van der Waals surface area contributed by atoms with E-state index in [1.54, 1.807) is 24.3 Å². The van der Waals surface area contributed by atoms with Crippen LogP contribution in [0.2, 0.25) is 0 Å². The van der Waals surface area contributed by atoms with Gasteiger partial charge in [0.2, 0.25) is 0 Å². The third-order valence-corrected chi connectivity index (χ3v) is 4.86. The Kier molecular flexibility index (Phi) is 9.81. The van der Waals surface area contributed by atoms with Crippen molar-refractivity contribution >= 4 is 11.9 Å². The summed E-state index contributed by atoms with van der Waals surface area (Å²) in [5.74, 6) is -3.28. The normalized spacial score (nSPS) is 13.9. The van der Waals surface area contributed by atoms with E-state index in [1.165, 1.54) is 0 Å². The molecule has 0 saturated carbocycles. The van der Waals surface area contributed by atoms with Gasteiger partial charge in [-0.25, -0.2) is 9.59 Å². The number of ether oxygens (including phenoxy) is 4. The minimum absolute atomic E-state index is 0.220. The summed E-state index contributed by atoms with van der Waals surface area (Å²) in [5.41, 5.74) is 0. The lowest BCUT2D eigenvalue weighted by Gasteiger charge is -2.23. The van der Waals surface area contributed by atoms with Gasteiger partial charge in [-0.3, -0.25) is 0 Å². The van der Waals surface area contributed by atoms with Gasteiger partial charge in [0.25, 0.3) is 0 Å². The number of fused-ring (bicyclic) bond motifs is 1. The van der Waals surface area contributed by atoms with Crippen LogP contribution in [0.25, 0.3) is 0 Å². The van der Waals surface area contributed by atoms with E-state index < -0.39 is 17.7 Å². The van der Waals surface area contributed by atoms with Gasteiger partial charge in [0, 0.05) is 0 Å². The smallest absolute Gasteiger partial charge is 0.453 e. The summed E-state index contributed by atoms with van der Waals surface area (Å²) in [6.07, 6.45) is 10.2. The molecular weight excluding hydrogens is 372 g/mol. The molecule has 0 atom stereocenters. The summed E-state index contributed by atoms with van der Waals surface area (Å²) in [7, 11) is 0. The van der Waals surface area contributed by atoms with Crippen LogP contribution in [0.4, 0.5) is 0 Å². The van der Waals surface area contributed by atoms with Crippen molar-refractivity contribution in [2.24, 2.45) is 0 Å². The Balaban J connectivity index is 1.92. The standard InChI is InChI=1S/C23H34O6/c1-3-5-7-9-13-17-26-21(24)23(22(25)27-18-14-10-8-6-4-2)28-19-15-11-12-16-20(19)29-23/h11-12,15-16H,3-10,13-14,17-18H2,1-2H3. The Hall–Kier alpha value is -2.24. The molecule has 0 aromatic heterocycles. The lowest BCUT2D eigenvalue weighted by Crippen LogP contribution is -2.56. The van der Waals surface area contributed by atoms with Crippen LogP contribution in [0.3, 0.4) is 0 Å². The van der Waals surface area contributed by atoms with E-state index in [9.17, 15) is 9.59 Å². The molecule has 1 aromatic carbocycles. The van der Waals surface area contributed by atoms with Crippen LogP contribution in [-0.4, -0.2) is 30.9 Å². The van der Waals surface area contributed by atoms with E-state index in [2.05, 4.69) is 13.8 Å². The molecule has 0 radical (unpaired) electrons. The van der Waals surface area contributed by atoms with Crippen molar-refractivity contribution in [3.05, 3.63) is 24.3 Å². The van der Waals surface area contributed by atoms with Gasteiger partial charge < -0.3 is 18.9 Å². The Morgan fingerprint density at radius 2 is 1.14 bits per heavy atom. The molecule has 1 aliphatic heterocycles. The minimum Gasteiger partial charge on any atom is -0.459 e. The van der Waals surface area contributed by atoms with Crippen LogP contribution in [0.5, 0.6) is 11.5 Å². The Morgan fingerprint density at radius 3 is 1.55 bits per heavy atom. The van der Waals surface area contributed by atoms with E-state index in [4.69, 9.17) is 18.9 Å². The summed E-state index contributed by atoms with van der Waals surface area (Å²) >= 11 is 0. The second kappa shape index (κ2) is 12.3. The van der Waals surface area contributed by atoms with Crippen molar-refractivity contribution < 1.29 is 28.5 Å². The van der Waals surface area contributed by atoms with E-state index in [-0.39, 0.29) is 13.2 Å². The second-order valence-electron chi connectivity index (χ2n) is 7.37.